The van der Waals surface area contributed by atoms with Gasteiger partial charge in [0.25, 0.3) is 5.91 Å². The maximum Gasteiger partial charge on any atom is 0.258 e. The molecule has 23 heavy (non-hydrogen) atoms. The summed E-state index contributed by atoms with van der Waals surface area (Å²) in [7, 11) is 0. The lowest BCUT2D eigenvalue weighted by molar-refractivity contribution is -0.123. The van der Waals surface area contributed by atoms with Crippen LogP contribution in [0, 0.1) is 25.2 Å². The molecule has 0 radical (unpaired) electrons. The van der Waals surface area contributed by atoms with E-state index in [1.165, 1.54) is 11.1 Å². The van der Waals surface area contributed by atoms with E-state index in [0.717, 1.165) is 5.56 Å². The number of aryl methyl sites for hydroxylation is 2. The lowest BCUT2D eigenvalue weighted by atomic mass is 10.0. The molecule has 4 nitrogen and oxygen atoms in total. The number of benzene rings is 2. The fraction of sp³-hybridized carbons (Fsp3) is 0.263. The molecule has 0 heterocycles. The molecule has 0 saturated carbocycles. The van der Waals surface area contributed by atoms with Crippen LogP contribution in [0.4, 0.5) is 0 Å². The van der Waals surface area contributed by atoms with E-state index in [4.69, 9.17) is 10.00 Å². The third-order valence-corrected chi connectivity index (χ3v) is 3.76. The van der Waals surface area contributed by atoms with Gasteiger partial charge in [-0.25, -0.2) is 0 Å². The Morgan fingerprint density at radius 2 is 1.87 bits per heavy atom. The monoisotopic (exact) mass is 308 g/mol. The van der Waals surface area contributed by atoms with Crippen LogP contribution >= 0.6 is 0 Å². The second kappa shape index (κ2) is 7.46. The average Bonchev–Trinajstić information content (AvgIpc) is 2.55. The van der Waals surface area contributed by atoms with Gasteiger partial charge in [-0.3, -0.25) is 4.79 Å². The molecule has 4 heteroatoms. The van der Waals surface area contributed by atoms with Gasteiger partial charge in [0, 0.05) is 0 Å². The molecule has 1 N–H and O–H groups in total. The Kier molecular flexibility index (Phi) is 5.37. The van der Waals surface area contributed by atoms with Gasteiger partial charge in [0.05, 0.1) is 17.7 Å². The summed E-state index contributed by atoms with van der Waals surface area (Å²) in [5, 5.41) is 11.7. The van der Waals surface area contributed by atoms with Gasteiger partial charge in [0.2, 0.25) is 0 Å². The molecule has 1 unspecified atom stereocenters. The first-order valence-corrected chi connectivity index (χ1v) is 7.49. The summed E-state index contributed by atoms with van der Waals surface area (Å²) in [6.45, 7) is 6.01. The van der Waals surface area contributed by atoms with Crippen molar-refractivity contribution in [1.82, 2.24) is 5.32 Å². The van der Waals surface area contributed by atoms with Crippen molar-refractivity contribution >= 4 is 5.91 Å². The molecule has 2 aromatic rings. The van der Waals surface area contributed by atoms with Crippen LogP contribution in [0.2, 0.25) is 0 Å². The summed E-state index contributed by atoms with van der Waals surface area (Å²) in [5.74, 6) is 0.387. The highest BCUT2D eigenvalue weighted by molar-refractivity contribution is 5.78. The SMILES string of the molecule is Cc1ccc(C(C)NC(=O)COc2ccc(C#N)cc2)cc1C. The molecule has 2 rings (SSSR count). The lowest BCUT2D eigenvalue weighted by Gasteiger charge is -2.16. The van der Waals surface area contributed by atoms with Crippen LogP contribution in [-0.4, -0.2) is 12.5 Å². The normalized spacial score (nSPS) is 11.4. The number of amides is 1. The highest BCUT2D eigenvalue weighted by Crippen LogP contribution is 2.17. The average molecular weight is 308 g/mol. The molecule has 0 saturated heterocycles. The third kappa shape index (κ3) is 4.58. The van der Waals surface area contributed by atoms with Crippen LogP contribution in [0.3, 0.4) is 0 Å². The van der Waals surface area contributed by atoms with E-state index in [0.29, 0.717) is 11.3 Å². The molecule has 0 aromatic heterocycles. The summed E-state index contributed by atoms with van der Waals surface area (Å²) in [6.07, 6.45) is 0. The minimum absolute atomic E-state index is 0.0545. The maximum atomic E-state index is 12.0. The van der Waals surface area contributed by atoms with Crippen molar-refractivity contribution < 1.29 is 9.53 Å². The standard InChI is InChI=1S/C19H20N2O2/c1-13-4-7-17(10-14(13)2)15(3)21-19(22)12-23-18-8-5-16(11-20)6-9-18/h4-10,15H,12H2,1-3H3,(H,21,22). The Balaban J connectivity index is 1.88. The summed E-state index contributed by atoms with van der Waals surface area (Å²) in [4.78, 5) is 12.0. The van der Waals surface area contributed by atoms with E-state index in [1.807, 2.05) is 19.1 Å². The smallest absolute Gasteiger partial charge is 0.258 e. The predicted molar refractivity (Wildman–Crippen MR) is 89.1 cm³/mol. The number of nitrogens with one attached hydrogen (secondary N) is 1. The third-order valence-electron chi connectivity index (χ3n) is 3.76. The minimum atomic E-state index is -0.180. The van der Waals surface area contributed by atoms with Crippen LogP contribution in [0.25, 0.3) is 0 Å². The van der Waals surface area contributed by atoms with Crippen LogP contribution in [0.5, 0.6) is 5.75 Å². The van der Waals surface area contributed by atoms with Gasteiger partial charge in [-0.2, -0.15) is 5.26 Å². The second-order valence-corrected chi connectivity index (χ2v) is 5.56. The van der Waals surface area contributed by atoms with Crippen molar-refractivity contribution in [3.8, 4) is 11.8 Å². The highest BCUT2D eigenvalue weighted by atomic mass is 16.5. The number of carbonyl (C=O) groups is 1. The molecule has 1 amide bonds. The van der Waals surface area contributed by atoms with Crippen molar-refractivity contribution in [1.29, 1.82) is 5.26 Å². The first kappa shape index (κ1) is 16.6. The van der Waals surface area contributed by atoms with Crippen LogP contribution in [0.1, 0.15) is 35.2 Å². The topological polar surface area (TPSA) is 62.1 Å². The van der Waals surface area contributed by atoms with Gasteiger partial charge < -0.3 is 10.1 Å². The Bertz CT molecular complexity index is 730. The number of nitrogens with zero attached hydrogens (tertiary/aromatic N) is 1. The lowest BCUT2D eigenvalue weighted by Crippen LogP contribution is -2.31. The Labute approximate surface area is 136 Å². The molecular weight excluding hydrogens is 288 g/mol. The van der Waals surface area contributed by atoms with E-state index < -0.39 is 0 Å². The van der Waals surface area contributed by atoms with Gasteiger partial charge in [0.1, 0.15) is 5.75 Å². The fourth-order valence-corrected chi connectivity index (χ4v) is 2.18. The molecule has 0 bridgehead atoms. The van der Waals surface area contributed by atoms with Gasteiger partial charge >= 0.3 is 0 Å². The first-order valence-electron chi connectivity index (χ1n) is 7.49. The maximum absolute atomic E-state index is 12.0. The Hall–Kier alpha value is -2.80. The van der Waals surface area contributed by atoms with E-state index >= 15 is 0 Å². The summed E-state index contributed by atoms with van der Waals surface area (Å²) >= 11 is 0. The van der Waals surface area contributed by atoms with Crippen molar-refractivity contribution in [2.24, 2.45) is 0 Å². The molecule has 0 aliphatic rings. The molecule has 2 aromatic carbocycles. The summed E-state index contributed by atoms with van der Waals surface area (Å²) < 4.78 is 5.43. The minimum Gasteiger partial charge on any atom is -0.484 e. The summed E-state index contributed by atoms with van der Waals surface area (Å²) in [6, 6.07) is 14.8. The molecule has 0 fully saturated rings. The summed E-state index contributed by atoms with van der Waals surface area (Å²) in [5.41, 5.74) is 4.07. The molecule has 0 spiro atoms. The van der Waals surface area contributed by atoms with Gasteiger partial charge in [-0.1, -0.05) is 18.2 Å². The number of hydrogen-bond acceptors (Lipinski definition) is 3. The van der Waals surface area contributed by atoms with Gasteiger partial charge in [0.15, 0.2) is 6.61 Å². The fourth-order valence-electron chi connectivity index (χ4n) is 2.18. The molecule has 0 aliphatic heterocycles. The van der Waals surface area contributed by atoms with Crippen molar-refractivity contribution in [2.75, 3.05) is 6.61 Å². The van der Waals surface area contributed by atoms with Gasteiger partial charge in [-0.05, 0) is 61.7 Å². The Morgan fingerprint density at radius 3 is 2.48 bits per heavy atom. The number of hydrogen-bond donors (Lipinski definition) is 1. The quantitative estimate of drug-likeness (QED) is 0.920. The van der Waals surface area contributed by atoms with Crippen LogP contribution in [0.15, 0.2) is 42.5 Å². The zero-order valence-electron chi connectivity index (χ0n) is 13.6. The molecule has 1 atom stereocenters. The number of ether oxygens (including phenoxy) is 1. The predicted octanol–water partition coefficient (Wildman–Crippen LogP) is 3.43. The van der Waals surface area contributed by atoms with Crippen molar-refractivity contribution in [2.45, 2.75) is 26.8 Å². The van der Waals surface area contributed by atoms with Crippen molar-refractivity contribution in [3.63, 3.8) is 0 Å². The zero-order valence-corrected chi connectivity index (χ0v) is 13.6. The van der Waals surface area contributed by atoms with Crippen molar-refractivity contribution in [3.05, 3.63) is 64.7 Å². The number of carbonyl (C=O) groups excluding carboxylic acids is 1. The molecule has 118 valence electrons. The first-order chi connectivity index (χ1) is 11.0. The van der Waals surface area contributed by atoms with E-state index in [1.54, 1.807) is 24.3 Å². The highest BCUT2D eigenvalue weighted by Gasteiger charge is 2.11. The van der Waals surface area contributed by atoms with E-state index in [2.05, 4.69) is 31.3 Å². The molecule has 0 aliphatic carbocycles. The van der Waals surface area contributed by atoms with Crippen LogP contribution < -0.4 is 10.1 Å². The van der Waals surface area contributed by atoms with Gasteiger partial charge in [-0.15, -0.1) is 0 Å². The zero-order chi connectivity index (χ0) is 16.8. The Morgan fingerprint density at radius 1 is 1.17 bits per heavy atom. The largest absolute Gasteiger partial charge is 0.484 e. The molecular formula is C19H20N2O2. The van der Waals surface area contributed by atoms with Crippen LogP contribution in [-0.2, 0) is 4.79 Å². The number of rotatable bonds is 5. The van der Waals surface area contributed by atoms with E-state index in [9.17, 15) is 4.79 Å². The number of nitriles is 1. The van der Waals surface area contributed by atoms with E-state index in [-0.39, 0.29) is 18.6 Å². The second-order valence-electron chi connectivity index (χ2n) is 5.56.